The summed E-state index contributed by atoms with van der Waals surface area (Å²) in [6.45, 7) is 10.7. The fraction of sp³-hybridized carbons (Fsp3) is 0.611. The number of carbonyl (C=O) groups is 1. The average Bonchev–Trinajstić information content (AvgIpc) is 2.39. The molecule has 0 aliphatic rings. The van der Waals surface area contributed by atoms with Crippen LogP contribution in [0.25, 0.3) is 0 Å². The number of benzene rings is 1. The van der Waals surface area contributed by atoms with Gasteiger partial charge in [0.25, 0.3) is 0 Å². The third-order valence-electron chi connectivity index (χ3n) is 4.16. The van der Waals surface area contributed by atoms with E-state index in [1.165, 1.54) is 5.56 Å². The first-order chi connectivity index (χ1) is 9.45. The van der Waals surface area contributed by atoms with Gasteiger partial charge in [-0.2, -0.15) is 0 Å². The molecule has 20 heavy (non-hydrogen) atoms. The lowest BCUT2D eigenvalue weighted by molar-refractivity contribution is -0.127. The standard InChI is InChI=1S/C18H29NO/c1-6-17(13(2)3)15(5)18(20)19-14(4)12-16-10-8-7-9-11-16/h7-11,13-15,17H,6,12H2,1-5H3,(H,19,20). The summed E-state index contributed by atoms with van der Waals surface area (Å²) in [6.07, 6.45) is 1.94. The summed E-state index contributed by atoms with van der Waals surface area (Å²) in [5.41, 5.74) is 1.27. The maximum Gasteiger partial charge on any atom is 0.223 e. The van der Waals surface area contributed by atoms with Gasteiger partial charge in [0.15, 0.2) is 0 Å². The normalized spacial score (nSPS) is 15.7. The Bertz CT molecular complexity index is 399. The minimum Gasteiger partial charge on any atom is -0.353 e. The van der Waals surface area contributed by atoms with Crippen LogP contribution < -0.4 is 5.32 Å². The molecular formula is C18H29NO. The van der Waals surface area contributed by atoms with Crippen molar-refractivity contribution in [3.05, 3.63) is 35.9 Å². The van der Waals surface area contributed by atoms with Crippen molar-refractivity contribution in [1.82, 2.24) is 5.32 Å². The molecule has 3 unspecified atom stereocenters. The second kappa shape index (κ2) is 8.08. The first-order valence-electron chi connectivity index (χ1n) is 7.80. The molecule has 0 bridgehead atoms. The number of carbonyl (C=O) groups excluding carboxylic acids is 1. The van der Waals surface area contributed by atoms with Crippen molar-refractivity contribution in [2.24, 2.45) is 17.8 Å². The molecule has 3 atom stereocenters. The van der Waals surface area contributed by atoms with Gasteiger partial charge in [0.2, 0.25) is 5.91 Å². The Balaban J connectivity index is 2.52. The van der Waals surface area contributed by atoms with Gasteiger partial charge in [-0.1, -0.05) is 64.4 Å². The Kier molecular flexibility index (Phi) is 6.77. The summed E-state index contributed by atoms with van der Waals surface area (Å²) in [5.74, 6) is 1.27. The van der Waals surface area contributed by atoms with E-state index >= 15 is 0 Å². The van der Waals surface area contributed by atoms with E-state index in [4.69, 9.17) is 0 Å². The molecule has 0 heterocycles. The highest BCUT2D eigenvalue weighted by atomic mass is 16.1. The SMILES string of the molecule is CCC(C(C)C)C(C)C(=O)NC(C)Cc1ccccc1. The molecule has 0 spiro atoms. The van der Waals surface area contributed by atoms with Crippen LogP contribution in [-0.2, 0) is 11.2 Å². The number of rotatable bonds is 7. The molecule has 1 aromatic rings. The lowest BCUT2D eigenvalue weighted by Crippen LogP contribution is -2.40. The number of amides is 1. The van der Waals surface area contributed by atoms with Crippen LogP contribution in [0.5, 0.6) is 0 Å². The summed E-state index contributed by atoms with van der Waals surface area (Å²) < 4.78 is 0. The van der Waals surface area contributed by atoms with E-state index in [1.807, 2.05) is 18.2 Å². The molecule has 1 amide bonds. The number of nitrogens with one attached hydrogen (secondary N) is 1. The second-order valence-electron chi connectivity index (χ2n) is 6.20. The average molecular weight is 275 g/mol. The Morgan fingerprint density at radius 3 is 2.20 bits per heavy atom. The van der Waals surface area contributed by atoms with Crippen molar-refractivity contribution < 1.29 is 4.79 Å². The van der Waals surface area contributed by atoms with Crippen LogP contribution in [0.2, 0.25) is 0 Å². The maximum absolute atomic E-state index is 12.3. The molecule has 0 aliphatic heterocycles. The molecule has 0 saturated carbocycles. The molecule has 112 valence electrons. The lowest BCUT2D eigenvalue weighted by atomic mass is 9.82. The van der Waals surface area contributed by atoms with Crippen molar-refractivity contribution in [2.45, 2.75) is 53.5 Å². The Morgan fingerprint density at radius 2 is 1.70 bits per heavy atom. The van der Waals surface area contributed by atoms with Gasteiger partial charge < -0.3 is 5.32 Å². The molecule has 0 radical (unpaired) electrons. The predicted octanol–water partition coefficient (Wildman–Crippen LogP) is 4.05. The van der Waals surface area contributed by atoms with Crippen LogP contribution >= 0.6 is 0 Å². The van der Waals surface area contributed by atoms with Gasteiger partial charge in [-0.25, -0.2) is 0 Å². The molecule has 0 fully saturated rings. The summed E-state index contributed by atoms with van der Waals surface area (Å²) >= 11 is 0. The van der Waals surface area contributed by atoms with Crippen molar-refractivity contribution in [2.75, 3.05) is 0 Å². The van der Waals surface area contributed by atoms with Gasteiger partial charge in [-0.05, 0) is 30.7 Å². The van der Waals surface area contributed by atoms with Crippen molar-refractivity contribution >= 4 is 5.91 Å². The first kappa shape index (κ1) is 16.7. The topological polar surface area (TPSA) is 29.1 Å². The third-order valence-corrected chi connectivity index (χ3v) is 4.16. The van der Waals surface area contributed by atoms with Gasteiger partial charge in [-0.15, -0.1) is 0 Å². The molecular weight excluding hydrogens is 246 g/mol. The zero-order valence-corrected chi connectivity index (χ0v) is 13.5. The van der Waals surface area contributed by atoms with Gasteiger partial charge in [0.1, 0.15) is 0 Å². The molecule has 0 aromatic heterocycles. The van der Waals surface area contributed by atoms with Gasteiger partial charge >= 0.3 is 0 Å². The Morgan fingerprint density at radius 1 is 1.10 bits per heavy atom. The molecule has 2 heteroatoms. The van der Waals surface area contributed by atoms with Gasteiger partial charge in [0.05, 0.1) is 0 Å². The highest BCUT2D eigenvalue weighted by Gasteiger charge is 2.25. The number of hydrogen-bond donors (Lipinski definition) is 1. The largest absolute Gasteiger partial charge is 0.353 e. The summed E-state index contributed by atoms with van der Waals surface area (Å²) in [5, 5.41) is 3.16. The molecule has 2 nitrogen and oxygen atoms in total. The van der Waals surface area contributed by atoms with Crippen molar-refractivity contribution in [1.29, 1.82) is 0 Å². The van der Waals surface area contributed by atoms with E-state index in [-0.39, 0.29) is 17.9 Å². The molecule has 1 aromatic carbocycles. The Labute approximate surface area is 124 Å². The fourth-order valence-corrected chi connectivity index (χ4v) is 2.99. The van der Waals surface area contributed by atoms with E-state index in [2.05, 4.69) is 52.1 Å². The highest BCUT2D eigenvalue weighted by Crippen LogP contribution is 2.24. The number of hydrogen-bond acceptors (Lipinski definition) is 1. The zero-order chi connectivity index (χ0) is 15.1. The van der Waals surface area contributed by atoms with E-state index in [1.54, 1.807) is 0 Å². The maximum atomic E-state index is 12.3. The second-order valence-corrected chi connectivity index (χ2v) is 6.20. The fourth-order valence-electron chi connectivity index (χ4n) is 2.99. The lowest BCUT2D eigenvalue weighted by Gasteiger charge is -2.27. The van der Waals surface area contributed by atoms with Crippen LogP contribution in [-0.4, -0.2) is 11.9 Å². The smallest absolute Gasteiger partial charge is 0.223 e. The highest BCUT2D eigenvalue weighted by molar-refractivity contribution is 5.78. The summed E-state index contributed by atoms with van der Waals surface area (Å²) in [6, 6.07) is 10.5. The van der Waals surface area contributed by atoms with E-state index < -0.39 is 0 Å². The molecule has 0 saturated heterocycles. The molecule has 1 N–H and O–H groups in total. The third kappa shape index (κ3) is 4.99. The van der Waals surface area contributed by atoms with E-state index in [0.29, 0.717) is 11.8 Å². The van der Waals surface area contributed by atoms with Gasteiger partial charge in [-0.3, -0.25) is 4.79 Å². The minimum absolute atomic E-state index is 0.0817. The summed E-state index contributed by atoms with van der Waals surface area (Å²) in [7, 11) is 0. The van der Waals surface area contributed by atoms with Crippen LogP contribution in [0.3, 0.4) is 0 Å². The van der Waals surface area contributed by atoms with Crippen molar-refractivity contribution in [3.63, 3.8) is 0 Å². The molecule has 0 aliphatic carbocycles. The van der Waals surface area contributed by atoms with Crippen LogP contribution in [0.4, 0.5) is 0 Å². The monoisotopic (exact) mass is 275 g/mol. The predicted molar refractivity (Wildman–Crippen MR) is 85.5 cm³/mol. The van der Waals surface area contributed by atoms with E-state index in [9.17, 15) is 4.79 Å². The minimum atomic E-state index is 0.0817. The van der Waals surface area contributed by atoms with Gasteiger partial charge in [0, 0.05) is 12.0 Å². The van der Waals surface area contributed by atoms with Crippen LogP contribution in [0.1, 0.15) is 46.6 Å². The van der Waals surface area contributed by atoms with Crippen LogP contribution in [0.15, 0.2) is 30.3 Å². The van der Waals surface area contributed by atoms with E-state index in [0.717, 1.165) is 12.8 Å². The summed E-state index contributed by atoms with van der Waals surface area (Å²) in [4.78, 5) is 12.3. The van der Waals surface area contributed by atoms with Crippen molar-refractivity contribution in [3.8, 4) is 0 Å². The van der Waals surface area contributed by atoms with Crippen LogP contribution in [0, 0.1) is 17.8 Å². The zero-order valence-electron chi connectivity index (χ0n) is 13.5. The quantitative estimate of drug-likeness (QED) is 0.799. The Hall–Kier alpha value is -1.31. The molecule has 1 rings (SSSR count). The first-order valence-corrected chi connectivity index (χ1v) is 7.80.